The Morgan fingerprint density at radius 3 is 2.00 bits per heavy atom. The molecule has 2 amide bonds. The van der Waals surface area contributed by atoms with Crippen molar-refractivity contribution < 1.29 is 19.1 Å². The molecule has 0 N–H and O–H groups in total. The zero-order chi connectivity index (χ0) is 20.6. The van der Waals surface area contributed by atoms with Crippen LogP contribution in [-0.4, -0.2) is 17.8 Å². The molecule has 0 radical (unpaired) electrons. The molecule has 5 aliphatic rings. The molecule has 2 aromatic carbocycles. The fraction of sp³-hybridized carbons (Fsp3) is 0.320. The van der Waals surface area contributed by atoms with Gasteiger partial charge in [0.05, 0.1) is 23.1 Å². The van der Waals surface area contributed by atoms with E-state index in [0.29, 0.717) is 28.8 Å². The maximum atomic E-state index is 13.2. The quantitative estimate of drug-likeness (QED) is 0.341. The van der Waals surface area contributed by atoms with E-state index in [1.54, 1.807) is 36.4 Å². The standard InChI is InChI=1S/C25H21NO4/c1-13-2-4-14(5-3-13)25(29)30-16-8-6-15(7-9-16)26-23(27)21-17-10-11-18(20-12-19(17)20)22(21)24(26)28/h2-11,17-22H,12H2,1H3/t17-,18+,19-,20-,21+,22-/m1/s1. The molecular formula is C25H21NO4. The van der Waals surface area contributed by atoms with Gasteiger partial charge in [-0.05, 0) is 73.4 Å². The summed E-state index contributed by atoms with van der Waals surface area (Å²) in [5, 5.41) is 0. The van der Waals surface area contributed by atoms with Gasteiger partial charge in [0.2, 0.25) is 11.8 Å². The largest absolute Gasteiger partial charge is 0.423 e. The van der Waals surface area contributed by atoms with Crippen molar-refractivity contribution in [2.45, 2.75) is 13.3 Å². The van der Waals surface area contributed by atoms with Gasteiger partial charge in [-0.2, -0.15) is 0 Å². The van der Waals surface area contributed by atoms with E-state index in [0.717, 1.165) is 12.0 Å². The summed E-state index contributed by atoms with van der Waals surface area (Å²) in [6.45, 7) is 1.95. The maximum Gasteiger partial charge on any atom is 0.343 e. The Morgan fingerprint density at radius 2 is 1.43 bits per heavy atom. The number of amides is 2. The molecule has 150 valence electrons. The van der Waals surface area contributed by atoms with Crippen molar-refractivity contribution in [3.8, 4) is 5.75 Å². The Morgan fingerprint density at radius 1 is 0.867 bits per heavy atom. The predicted octanol–water partition coefficient (Wildman–Crippen LogP) is 3.77. The van der Waals surface area contributed by atoms with Crippen LogP contribution in [0.25, 0.3) is 0 Å². The van der Waals surface area contributed by atoms with Crippen LogP contribution in [0.2, 0.25) is 0 Å². The molecule has 5 nitrogen and oxygen atoms in total. The lowest BCUT2D eigenvalue weighted by molar-refractivity contribution is -0.124. The average molecular weight is 399 g/mol. The highest BCUT2D eigenvalue weighted by Gasteiger charge is 2.67. The molecule has 0 unspecified atom stereocenters. The summed E-state index contributed by atoms with van der Waals surface area (Å²) in [5.74, 6) is 0.932. The molecule has 1 aliphatic heterocycles. The zero-order valence-corrected chi connectivity index (χ0v) is 16.5. The molecule has 0 spiro atoms. The number of nitrogens with zero attached hydrogens (tertiary/aromatic N) is 1. The molecule has 3 fully saturated rings. The SMILES string of the molecule is Cc1ccc(C(=O)Oc2ccc(N3C(=O)[C@@H]4[C@H]5C=C[C@H]([C@H]6C[C@H]56)[C@@H]4C3=O)cc2)cc1. The number of rotatable bonds is 3. The van der Waals surface area contributed by atoms with Gasteiger partial charge in [0.25, 0.3) is 0 Å². The van der Waals surface area contributed by atoms with Crippen LogP contribution in [-0.2, 0) is 9.59 Å². The van der Waals surface area contributed by atoms with Crippen LogP contribution in [0.5, 0.6) is 5.75 Å². The third-order valence-corrected chi connectivity index (χ3v) is 7.26. The number of anilines is 1. The van der Waals surface area contributed by atoms with Gasteiger partial charge in [-0.1, -0.05) is 29.8 Å². The smallest absolute Gasteiger partial charge is 0.343 e. The third kappa shape index (κ3) is 2.44. The van der Waals surface area contributed by atoms with Crippen LogP contribution in [0.1, 0.15) is 22.3 Å². The Hall–Kier alpha value is -3.21. The Balaban J connectivity index is 1.22. The van der Waals surface area contributed by atoms with E-state index in [9.17, 15) is 14.4 Å². The van der Waals surface area contributed by atoms with Crippen molar-refractivity contribution in [2.24, 2.45) is 35.5 Å². The maximum absolute atomic E-state index is 13.2. The lowest BCUT2D eigenvalue weighted by Crippen LogP contribution is -2.40. The van der Waals surface area contributed by atoms with Gasteiger partial charge in [-0.3, -0.25) is 14.5 Å². The first-order valence-corrected chi connectivity index (χ1v) is 10.5. The van der Waals surface area contributed by atoms with Gasteiger partial charge in [-0.25, -0.2) is 4.79 Å². The summed E-state index contributed by atoms with van der Waals surface area (Å²) >= 11 is 0. The van der Waals surface area contributed by atoms with E-state index in [-0.39, 0.29) is 35.5 Å². The van der Waals surface area contributed by atoms with Crippen molar-refractivity contribution in [2.75, 3.05) is 4.90 Å². The zero-order valence-electron chi connectivity index (χ0n) is 16.5. The number of aryl methyl sites for hydroxylation is 1. The number of ether oxygens (including phenoxy) is 1. The monoisotopic (exact) mass is 399 g/mol. The summed E-state index contributed by atoms with van der Waals surface area (Å²) in [6, 6.07) is 13.8. The Kier molecular flexibility index (Phi) is 3.61. The van der Waals surface area contributed by atoms with E-state index < -0.39 is 5.97 Å². The lowest BCUT2D eigenvalue weighted by Gasteiger charge is -2.37. The average Bonchev–Trinajstić information content (AvgIpc) is 3.53. The summed E-state index contributed by atoms with van der Waals surface area (Å²) < 4.78 is 5.43. The molecular weight excluding hydrogens is 378 g/mol. The van der Waals surface area contributed by atoms with Gasteiger partial charge in [0.15, 0.2) is 0 Å². The van der Waals surface area contributed by atoms with E-state index >= 15 is 0 Å². The number of carbonyl (C=O) groups excluding carboxylic acids is 3. The van der Waals surface area contributed by atoms with Crippen LogP contribution in [0.3, 0.4) is 0 Å². The number of hydrogen-bond acceptors (Lipinski definition) is 4. The molecule has 0 aromatic heterocycles. The first-order valence-electron chi connectivity index (χ1n) is 10.5. The van der Waals surface area contributed by atoms with E-state index in [4.69, 9.17) is 4.74 Å². The number of hydrogen-bond donors (Lipinski definition) is 0. The van der Waals surface area contributed by atoms with Crippen LogP contribution in [0.4, 0.5) is 5.69 Å². The van der Waals surface area contributed by atoms with Crippen molar-refractivity contribution >= 4 is 23.5 Å². The second-order valence-corrected chi connectivity index (χ2v) is 8.92. The molecule has 6 atom stereocenters. The second-order valence-electron chi connectivity index (χ2n) is 8.92. The minimum absolute atomic E-state index is 0.0842. The number of esters is 1. The van der Waals surface area contributed by atoms with E-state index in [1.807, 2.05) is 19.1 Å². The normalized spacial score (nSPS) is 32.8. The second kappa shape index (κ2) is 6.14. The van der Waals surface area contributed by atoms with Crippen molar-refractivity contribution in [1.82, 2.24) is 0 Å². The summed E-state index contributed by atoms with van der Waals surface area (Å²) in [4.78, 5) is 40.0. The molecule has 1 saturated heterocycles. The summed E-state index contributed by atoms with van der Waals surface area (Å²) in [7, 11) is 0. The van der Waals surface area contributed by atoms with Crippen LogP contribution in [0.15, 0.2) is 60.7 Å². The summed E-state index contributed by atoms with van der Waals surface area (Å²) in [6.07, 6.45) is 5.49. The molecule has 5 heteroatoms. The molecule has 4 aliphatic carbocycles. The predicted molar refractivity (Wildman–Crippen MR) is 110 cm³/mol. The molecule has 2 saturated carbocycles. The minimum Gasteiger partial charge on any atom is -0.423 e. The summed E-state index contributed by atoms with van der Waals surface area (Å²) in [5.41, 5.74) is 2.08. The van der Waals surface area contributed by atoms with Gasteiger partial charge >= 0.3 is 5.97 Å². The van der Waals surface area contributed by atoms with Crippen molar-refractivity contribution in [1.29, 1.82) is 0 Å². The molecule has 7 rings (SSSR count). The van der Waals surface area contributed by atoms with Gasteiger partial charge < -0.3 is 4.74 Å². The fourth-order valence-electron chi connectivity index (χ4n) is 5.73. The first kappa shape index (κ1) is 17.6. The van der Waals surface area contributed by atoms with Crippen LogP contribution < -0.4 is 9.64 Å². The van der Waals surface area contributed by atoms with Gasteiger partial charge in [0, 0.05) is 0 Å². The van der Waals surface area contributed by atoms with E-state index in [1.165, 1.54) is 4.90 Å². The van der Waals surface area contributed by atoms with E-state index in [2.05, 4.69) is 12.2 Å². The molecule has 2 aromatic rings. The van der Waals surface area contributed by atoms with Crippen molar-refractivity contribution in [3.63, 3.8) is 0 Å². The highest BCUT2D eigenvalue weighted by atomic mass is 16.5. The van der Waals surface area contributed by atoms with Gasteiger partial charge in [-0.15, -0.1) is 0 Å². The number of imide groups is 1. The third-order valence-electron chi connectivity index (χ3n) is 7.26. The highest BCUT2D eigenvalue weighted by molar-refractivity contribution is 6.22. The number of allylic oxidation sites excluding steroid dienone is 2. The molecule has 1 heterocycles. The molecule has 2 bridgehead atoms. The highest BCUT2D eigenvalue weighted by Crippen LogP contribution is 2.65. The topological polar surface area (TPSA) is 63.7 Å². The number of carbonyl (C=O) groups is 3. The Labute approximate surface area is 174 Å². The Bertz CT molecular complexity index is 1060. The fourth-order valence-corrected chi connectivity index (χ4v) is 5.73. The van der Waals surface area contributed by atoms with Crippen molar-refractivity contribution in [3.05, 3.63) is 71.8 Å². The van der Waals surface area contributed by atoms with Crippen LogP contribution >= 0.6 is 0 Å². The first-order chi connectivity index (χ1) is 14.5. The minimum atomic E-state index is -0.441. The number of benzene rings is 2. The van der Waals surface area contributed by atoms with Crippen LogP contribution in [0, 0.1) is 42.4 Å². The molecule has 30 heavy (non-hydrogen) atoms. The lowest BCUT2D eigenvalue weighted by atomic mass is 9.63. The van der Waals surface area contributed by atoms with Gasteiger partial charge in [0.1, 0.15) is 5.75 Å².